The van der Waals surface area contributed by atoms with Crippen LogP contribution in [0, 0.1) is 11.8 Å². The highest BCUT2D eigenvalue weighted by Gasteiger charge is 2.26. The largest absolute Gasteiger partial charge is 0.366 e. The van der Waals surface area contributed by atoms with E-state index in [1.165, 1.54) is 19.3 Å². The maximum absolute atomic E-state index is 11.2. The third kappa shape index (κ3) is 3.57. The molecular formula is C16H24N2O. The molecule has 1 amide bonds. The van der Waals surface area contributed by atoms with Crippen molar-refractivity contribution in [3.63, 3.8) is 0 Å². The topological polar surface area (TPSA) is 55.1 Å². The fraction of sp³-hybridized carbons (Fsp3) is 0.562. The van der Waals surface area contributed by atoms with Gasteiger partial charge in [0.05, 0.1) is 0 Å². The van der Waals surface area contributed by atoms with E-state index in [4.69, 9.17) is 5.73 Å². The van der Waals surface area contributed by atoms with Crippen LogP contribution in [0.25, 0.3) is 0 Å². The van der Waals surface area contributed by atoms with Gasteiger partial charge in [-0.15, -0.1) is 0 Å². The van der Waals surface area contributed by atoms with Gasteiger partial charge < -0.3 is 11.1 Å². The fourth-order valence-corrected chi connectivity index (χ4v) is 2.95. The Bertz CT molecular complexity index is 444. The minimum absolute atomic E-state index is 0.360. The Morgan fingerprint density at radius 1 is 1.37 bits per heavy atom. The highest BCUT2D eigenvalue weighted by Crippen LogP contribution is 2.29. The van der Waals surface area contributed by atoms with Gasteiger partial charge in [0.15, 0.2) is 0 Å². The molecule has 3 heteroatoms. The second-order valence-electron chi connectivity index (χ2n) is 5.82. The number of carbonyl (C=O) groups is 1. The summed E-state index contributed by atoms with van der Waals surface area (Å²) in [6.45, 7) is 5.48. The zero-order valence-electron chi connectivity index (χ0n) is 11.9. The van der Waals surface area contributed by atoms with Crippen molar-refractivity contribution in [2.24, 2.45) is 17.6 Å². The molecular weight excluding hydrogens is 236 g/mol. The average molecular weight is 260 g/mol. The summed E-state index contributed by atoms with van der Waals surface area (Å²) in [6.07, 6.45) is 3.90. The Labute approximate surface area is 115 Å². The van der Waals surface area contributed by atoms with Crippen molar-refractivity contribution in [1.29, 1.82) is 0 Å². The standard InChI is InChI=1S/C16H24N2O/c1-11-5-3-8-15(12(11)2)18-10-13-6-4-7-14(9-13)16(17)19/h4,6-7,9,11-12,15,18H,3,5,8,10H2,1-2H3,(H2,17,19). The van der Waals surface area contributed by atoms with Crippen LogP contribution in [0.5, 0.6) is 0 Å². The Hall–Kier alpha value is -1.35. The minimum Gasteiger partial charge on any atom is -0.366 e. The SMILES string of the molecule is CC1CCCC(NCc2cccc(C(N)=O)c2)C1C. The van der Waals surface area contributed by atoms with Crippen LogP contribution in [0.15, 0.2) is 24.3 Å². The number of amides is 1. The lowest BCUT2D eigenvalue weighted by atomic mass is 9.78. The zero-order chi connectivity index (χ0) is 13.8. The van der Waals surface area contributed by atoms with Gasteiger partial charge in [-0.05, 0) is 36.0 Å². The molecule has 1 saturated carbocycles. The van der Waals surface area contributed by atoms with Crippen LogP contribution in [-0.4, -0.2) is 11.9 Å². The number of hydrogen-bond acceptors (Lipinski definition) is 2. The van der Waals surface area contributed by atoms with Crippen LogP contribution in [0.4, 0.5) is 0 Å². The summed E-state index contributed by atoms with van der Waals surface area (Å²) in [6, 6.07) is 8.16. The van der Waals surface area contributed by atoms with Crippen LogP contribution in [-0.2, 0) is 6.54 Å². The van der Waals surface area contributed by atoms with Gasteiger partial charge in [-0.3, -0.25) is 4.79 Å². The van der Waals surface area contributed by atoms with E-state index < -0.39 is 0 Å². The lowest BCUT2D eigenvalue weighted by molar-refractivity contribution is 0.1000. The molecule has 0 saturated heterocycles. The second-order valence-corrected chi connectivity index (χ2v) is 5.82. The number of nitrogens with one attached hydrogen (secondary N) is 1. The average Bonchev–Trinajstić information content (AvgIpc) is 2.41. The van der Waals surface area contributed by atoms with Gasteiger partial charge in [-0.1, -0.05) is 38.8 Å². The third-order valence-electron chi connectivity index (χ3n) is 4.49. The van der Waals surface area contributed by atoms with E-state index in [1.807, 2.05) is 18.2 Å². The minimum atomic E-state index is -0.360. The van der Waals surface area contributed by atoms with Gasteiger partial charge in [0, 0.05) is 18.2 Å². The predicted octanol–water partition coefficient (Wildman–Crippen LogP) is 2.70. The van der Waals surface area contributed by atoms with Crippen molar-refractivity contribution in [2.45, 2.75) is 45.7 Å². The quantitative estimate of drug-likeness (QED) is 0.874. The second kappa shape index (κ2) is 6.20. The van der Waals surface area contributed by atoms with E-state index in [9.17, 15) is 4.79 Å². The van der Waals surface area contributed by atoms with Crippen molar-refractivity contribution in [3.05, 3.63) is 35.4 Å². The molecule has 1 fully saturated rings. The molecule has 1 aliphatic rings. The molecule has 2 rings (SSSR count). The molecule has 0 radical (unpaired) electrons. The van der Waals surface area contributed by atoms with E-state index in [0.29, 0.717) is 17.5 Å². The van der Waals surface area contributed by atoms with E-state index in [-0.39, 0.29) is 5.91 Å². The Balaban J connectivity index is 1.94. The summed E-state index contributed by atoms with van der Waals surface area (Å²) in [4.78, 5) is 11.2. The number of rotatable bonds is 4. The van der Waals surface area contributed by atoms with Crippen LogP contribution in [0.1, 0.15) is 49.0 Å². The Morgan fingerprint density at radius 2 is 2.16 bits per heavy atom. The summed E-state index contributed by atoms with van der Waals surface area (Å²) in [5, 5.41) is 3.63. The molecule has 0 bridgehead atoms. The monoisotopic (exact) mass is 260 g/mol. The van der Waals surface area contributed by atoms with Crippen molar-refractivity contribution in [3.8, 4) is 0 Å². The van der Waals surface area contributed by atoms with Gasteiger partial charge >= 0.3 is 0 Å². The summed E-state index contributed by atoms with van der Waals surface area (Å²) >= 11 is 0. The van der Waals surface area contributed by atoms with Crippen molar-refractivity contribution in [1.82, 2.24) is 5.32 Å². The number of primary amides is 1. The van der Waals surface area contributed by atoms with Crippen LogP contribution < -0.4 is 11.1 Å². The highest BCUT2D eigenvalue weighted by molar-refractivity contribution is 5.92. The van der Waals surface area contributed by atoms with E-state index in [1.54, 1.807) is 6.07 Å². The number of benzene rings is 1. The zero-order valence-corrected chi connectivity index (χ0v) is 11.9. The maximum Gasteiger partial charge on any atom is 0.248 e. The van der Waals surface area contributed by atoms with Gasteiger partial charge in [-0.2, -0.15) is 0 Å². The van der Waals surface area contributed by atoms with E-state index >= 15 is 0 Å². The van der Waals surface area contributed by atoms with Crippen molar-refractivity contribution in [2.75, 3.05) is 0 Å². The maximum atomic E-state index is 11.2. The summed E-state index contributed by atoms with van der Waals surface area (Å²) in [5.74, 6) is 1.15. The van der Waals surface area contributed by atoms with Crippen LogP contribution in [0.3, 0.4) is 0 Å². The van der Waals surface area contributed by atoms with Gasteiger partial charge in [0.25, 0.3) is 0 Å². The first kappa shape index (κ1) is 14.1. The van der Waals surface area contributed by atoms with Crippen molar-refractivity contribution < 1.29 is 4.79 Å². The molecule has 0 spiro atoms. The number of hydrogen-bond donors (Lipinski definition) is 2. The molecule has 1 aromatic rings. The molecule has 104 valence electrons. The summed E-state index contributed by atoms with van der Waals surface area (Å²) in [7, 11) is 0. The van der Waals surface area contributed by atoms with Gasteiger partial charge in [-0.25, -0.2) is 0 Å². The predicted molar refractivity (Wildman–Crippen MR) is 77.8 cm³/mol. The van der Waals surface area contributed by atoms with E-state index in [2.05, 4.69) is 19.2 Å². The molecule has 0 aliphatic heterocycles. The molecule has 19 heavy (non-hydrogen) atoms. The lowest BCUT2D eigenvalue weighted by Gasteiger charge is -2.34. The molecule has 3 N–H and O–H groups in total. The molecule has 1 aromatic carbocycles. The number of carbonyl (C=O) groups excluding carboxylic acids is 1. The Kier molecular flexibility index (Phi) is 4.59. The molecule has 3 unspecified atom stereocenters. The molecule has 3 nitrogen and oxygen atoms in total. The lowest BCUT2D eigenvalue weighted by Crippen LogP contribution is -2.40. The summed E-state index contributed by atoms with van der Waals surface area (Å²) in [5.41, 5.74) is 7.02. The van der Waals surface area contributed by atoms with Crippen molar-refractivity contribution >= 4 is 5.91 Å². The Morgan fingerprint density at radius 3 is 2.89 bits per heavy atom. The molecule has 3 atom stereocenters. The fourth-order valence-electron chi connectivity index (χ4n) is 2.95. The first-order valence-electron chi connectivity index (χ1n) is 7.20. The third-order valence-corrected chi connectivity index (χ3v) is 4.49. The molecule has 0 aromatic heterocycles. The normalized spacial score (nSPS) is 27.2. The van der Waals surface area contributed by atoms with Crippen LogP contribution >= 0.6 is 0 Å². The van der Waals surface area contributed by atoms with Crippen LogP contribution in [0.2, 0.25) is 0 Å². The molecule has 0 heterocycles. The van der Waals surface area contributed by atoms with Gasteiger partial charge in [0.2, 0.25) is 5.91 Å². The van der Waals surface area contributed by atoms with Gasteiger partial charge in [0.1, 0.15) is 0 Å². The highest BCUT2D eigenvalue weighted by atomic mass is 16.1. The smallest absolute Gasteiger partial charge is 0.248 e. The first-order valence-corrected chi connectivity index (χ1v) is 7.20. The van der Waals surface area contributed by atoms with E-state index in [0.717, 1.165) is 18.0 Å². The number of nitrogens with two attached hydrogens (primary N) is 1. The first-order chi connectivity index (χ1) is 9.08. The summed E-state index contributed by atoms with van der Waals surface area (Å²) < 4.78 is 0. The molecule has 1 aliphatic carbocycles.